The zero-order chi connectivity index (χ0) is 13.6. The van der Waals surface area contributed by atoms with E-state index in [-0.39, 0.29) is 5.56 Å². The van der Waals surface area contributed by atoms with Crippen molar-refractivity contribution in [2.75, 3.05) is 0 Å². The lowest BCUT2D eigenvalue weighted by Gasteiger charge is -2.23. The third-order valence-electron chi connectivity index (χ3n) is 3.80. The highest BCUT2D eigenvalue weighted by molar-refractivity contribution is 5.77. The summed E-state index contributed by atoms with van der Waals surface area (Å²) in [7, 11) is 0. The summed E-state index contributed by atoms with van der Waals surface area (Å²) in [6.07, 6.45) is -2.06. The molecule has 0 fully saturated rings. The molecule has 0 amide bonds. The van der Waals surface area contributed by atoms with Crippen LogP contribution < -0.4 is 0 Å². The Labute approximate surface area is 110 Å². The molecule has 0 bridgehead atoms. The lowest BCUT2D eigenvalue weighted by Crippen LogP contribution is -2.30. The molecule has 0 radical (unpaired) electrons. The zero-order valence-corrected chi connectivity index (χ0v) is 10.5. The Balaban J connectivity index is 2.07. The Hall–Kier alpha value is -1.74. The van der Waals surface area contributed by atoms with Gasteiger partial charge in [0.2, 0.25) is 0 Å². The molecule has 0 saturated heterocycles. The molecule has 1 atom stereocenters. The maximum atomic E-state index is 12.9. The summed E-state index contributed by atoms with van der Waals surface area (Å²) in [4.78, 5) is 0. The molecule has 0 spiro atoms. The average Bonchev–Trinajstić information content (AvgIpc) is 2.75. The van der Waals surface area contributed by atoms with Crippen LogP contribution in [0.4, 0.5) is 8.78 Å². The van der Waals surface area contributed by atoms with Gasteiger partial charge in [0.05, 0.1) is 0 Å². The third kappa shape index (κ3) is 1.85. The monoisotopic (exact) mass is 260 g/mol. The summed E-state index contributed by atoms with van der Waals surface area (Å²) in [5.41, 5.74) is 2.61. The van der Waals surface area contributed by atoms with Crippen LogP contribution in [0.2, 0.25) is 0 Å². The third-order valence-corrected chi connectivity index (χ3v) is 3.80. The second-order valence-electron chi connectivity index (χ2n) is 5.15. The number of hydrogen-bond donors (Lipinski definition) is 1. The molecule has 19 heavy (non-hydrogen) atoms. The fraction of sp³-hybridized carbons (Fsp3) is 0.250. The first-order valence-corrected chi connectivity index (χ1v) is 6.22. The molecule has 98 valence electrons. The summed E-state index contributed by atoms with van der Waals surface area (Å²) in [6, 6.07) is 13.1. The molecule has 1 aliphatic carbocycles. The summed E-state index contributed by atoms with van der Waals surface area (Å²) in [5, 5.41) is 9.86. The van der Waals surface area contributed by atoms with Gasteiger partial charge in [-0.05, 0) is 41.2 Å². The highest BCUT2D eigenvalue weighted by Crippen LogP contribution is 2.39. The van der Waals surface area contributed by atoms with Crippen molar-refractivity contribution in [1.29, 1.82) is 0 Å². The Morgan fingerprint density at radius 3 is 2.47 bits per heavy atom. The van der Waals surface area contributed by atoms with Crippen molar-refractivity contribution in [3.8, 4) is 11.1 Å². The molecule has 1 unspecified atom stereocenters. The minimum atomic E-state index is -2.80. The molecule has 1 aliphatic rings. The van der Waals surface area contributed by atoms with Crippen LogP contribution in [0.1, 0.15) is 23.6 Å². The van der Waals surface area contributed by atoms with E-state index in [1.165, 1.54) is 5.56 Å². The highest BCUT2D eigenvalue weighted by atomic mass is 19.3. The van der Waals surface area contributed by atoms with E-state index in [4.69, 9.17) is 0 Å². The first-order chi connectivity index (χ1) is 9.00. The number of hydrogen-bond acceptors (Lipinski definition) is 1. The quantitative estimate of drug-likeness (QED) is 0.744. The van der Waals surface area contributed by atoms with E-state index in [1.54, 1.807) is 12.1 Å². The van der Waals surface area contributed by atoms with E-state index in [2.05, 4.69) is 0 Å². The van der Waals surface area contributed by atoms with E-state index in [9.17, 15) is 13.9 Å². The Morgan fingerprint density at radius 1 is 1.05 bits per heavy atom. The number of alkyl halides is 2. The van der Waals surface area contributed by atoms with Gasteiger partial charge in [-0.25, -0.2) is 8.78 Å². The first kappa shape index (κ1) is 12.3. The van der Waals surface area contributed by atoms with Gasteiger partial charge in [-0.1, -0.05) is 42.5 Å². The van der Waals surface area contributed by atoms with Crippen LogP contribution in [-0.4, -0.2) is 11.5 Å². The minimum absolute atomic E-state index is 0.272. The SMILES string of the molecule is CC(O)(c1ccc2c(c1)Cc1ccccc1-2)C(F)F. The molecule has 3 heteroatoms. The van der Waals surface area contributed by atoms with Crippen LogP contribution in [0, 0.1) is 0 Å². The van der Waals surface area contributed by atoms with Crippen molar-refractivity contribution in [2.24, 2.45) is 0 Å². The summed E-state index contributed by atoms with van der Waals surface area (Å²) >= 11 is 0. The van der Waals surface area contributed by atoms with Gasteiger partial charge in [0.25, 0.3) is 6.43 Å². The molecule has 0 aliphatic heterocycles. The van der Waals surface area contributed by atoms with Crippen LogP contribution in [0.15, 0.2) is 42.5 Å². The van der Waals surface area contributed by atoms with Crippen LogP contribution >= 0.6 is 0 Å². The van der Waals surface area contributed by atoms with Crippen molar-refractivity contribution in [2.45, 2.75) is 25.4 Å². The van der Waals surface area contributed by atoms with Gasteiger partial charge in [-0.15, -0.1) is 0 Å². The second kappa shape index (κ2) is 4.14. The van der Waals surface area contributed by atoms with E-state index < -0.39 is 12.0 Å². The average molecular weight is 260 g/mol. The fourth-order valence-corrected chi connectivity index (χ4v) is 2.59. The molecule has 0 saturated carbocycles. The summed E-state index contributed by atoms with van der Waals surface area (Å²) < 4.78 is 25.7. The number of fused-ring (bicyclic) bond motifs is 3. The number of benzene rings is 2. The van der Waals surface area contributed by atoms with E-state index in [1.807, 2.05) is 30.3 Å². The zero-order valence-electron chi connectivity index (χ0n) is 10.5. The molecular weight excluding hydrogens is 246 g/mol. The van der Waals surface area contributed by atoms with Crippen molar-refractivity contribution in [1.82, 2.24) is 0 Å². The second-order valence-corrected chi connectivity index (χ2v) is 5.15. The summed E-state index contributed by atoms with van der Waals surface area (Å²) in [5.74, 6) is 0. The fourth-order valence-electron chi connectivity index (χ4n) is 2.59. The predicted molar refractivity (Wildman–Crippen MR) is 70.3 cm³/mol. The van der Waals surface area contributed by atoms with Gasteiger partial charge in [0, 0.05) is 0 Å². The molecule has 2 aromatic carbocycles. The predicted octanol–water partition coefficient (Wildman–Crippen LogP) is 3.73. The lowest BCUT2D eigenvalue weighted by atomic mass is 9.93. The summed E-state index contributed by atoms with van der Waals surface area (Å²) in [6.45, 7) is 1.15. The molecule has 0 heterocycles. The van der Waals surface area contributed by atoms with Gasteiger partial charge in [0.1, 0.15) is 5.60 Å². The maximum absolute atomic E-state index is 12.9. The highest BCUT2D eigenvalue weighted by Gasteiger charge is 2.35. The number of halogens is 2. The molecular formula is C16H14F2O. The topological polar surface area (TPSA) is 20.2 Å². The normalized spacial score (nSPS) is 16.1. The molecule has 1 nitrogen and oxygen atoms in total. The molecule has 2 aromatic rings. The maximum Gasteiger partial charge on any atom is 0.270 e. The van der Waals surface area contributed by atoms with Gasteiger partial charge >= 0.3 is 0 Å². The van der Waals surface area contributed by atoms with E-state index >= 15 is 0 Å². The first-order valence-electron chi connectivity index (χ1n) is 6.22. The Bertz CT molecular complexity index is 632. The Kier molecular flexibility index (Phi) is 2.68. The van der Waals surface area contributed by atoms with Crippen molar-refractivity contribution >= 4 is 0 Å². The number of aliphatic hydroxyl groups is 1. The van der Waals surface area contributed by atoms with Gasteiger partial charge in [-0.3, -0.25) is 0 Å². The van der Waals surface area contributed by atoms with Crippen LogP contribution in [0.5, 0.6) is 0 Å². The standard InChI is InChI=1S/C16H14F2O/c1-16(19,15(17)18)12-6-7-14-11(9-12)8-10-4-2-3-5-13(10)14/h2-7,9,15,19H,8H2,1H3. The van der Waals surface area contributed by atoms with Crippen molar-refractivity contribution < 1.29 is 13.9 Å². The molecule has 3 rings (SSSR count). The molecule has 0 aromatic heterocycles. The smallest absolute Gasteiger partial charge is 0.270 e. The van der Waals surface area contributed by atoms with Crippen LogP contribution in [-0.2, 0) is 12.0 Å². The molecule has 1 N–H and O–H groups in total. The van der Waals surface area contributed by atoms with Crippen LogP contribution in [0.25, 0.3) is 11.1 Å². The van der Waals surface area contributed by atoms with Crippen molar-refractivity contribution in [3.63, 3.8) is 0 Å². The van der Waals surface area contributed by atoms with Crippen molar-refractivity contribution in [3.05, 3.63) is 59.2 Å². The van der Waals surface area contributed by atoms with E-state index in [0.29, 0.717) is 0 Å². The lowest BCUT2D eigenvalue weighted by molar-refractivity contribution is -0.0883. The Morgan fingerprint density at radius 2 is 1.74 bits per heavy atom. The largest absolute Gasteiger partial charge is 0.379 e. The van der Waals surface area contributed by atoms with E-state index in [0.717, 1.165) is 30.0 Å². The van der Waals surface area contributed by atoms with Gasteiger partial charge < -0.3 is 5.11 Å². The number of rotatable bonds is 2. The minimum Gasteiger partial charge on any atom is -0.379 e. The van der Waals surface area contributed by atoms with Crippen LogP contribution in [0.3, 0.4) is 0 Å². The van der Waals surface area contributed by atoms with Gasteiger partial charge in [0.15, 0.2) is 0 Å². The van der Waals surface area contributed by atoms with Gasteiger partial charge in [-0.2, -0.15) is 0 Å².